The van der Waals surface area contributed by atoms with Crippen molar-refractivity contribution in [2.24, 2.45) is 5.73 Å². The van der Waals surface area contributed by atoms with E-state index in [1.165, 1.54) is 0 Å². The Bertz CT molecular complexity index is 1270. The van der Waals surface area contributed by atoms with Crippen LogP contribution < -0.4 is 20.1 Å². The molecule has 174 valence electrons. The van der Waals surface area contributed by atoms with E-state index in [0.717, 1.165) is 10.0 Å². The molecule has 0 fully saturated rings. The molecule has 2 heterocycles. The Morgan fingerprint density at radius 1 is 1.09 bits per heavy atom. The number of aromatic nitrogens is 4. The lowest BCUT2D eigenvalue weighted by Crippen LogP contribution is -2.23. The molecule has 2 aromatic carbocycles. The Morgan fingerprint density at radius 2 is 1.79 bits per heavy atom. The molecular formula is C24H23BrN6O3. The highest BCUT2D eigenvalue weighted by Gasteiger charge is 2.21. The van der Waals surface area contributed by atoms with E-state index in [-0.39, 0.29) is 12.1 Å². The molecule has 10 heteroatoms. The molecule has 34 heavy (non-hydrogen) atoms. The molecule has 0 aliphatic carbocycles. The van der Waals surface area contributed by atoms with Crippen molar-refractivity contribution in [3.05, 3.63) is 88.3 Å². The second-order valence-corrected chi connectivity index (χ2v) is 8.35. The highest BCUT2D eigenvalue weighted by atomic mass is 79.9. The first-order chi connectivity index (χ1) is 16.5. The van der Waals surface area contributed by atoms with Crippen LogP contribution in [-0.2, 0) is 13.1 Å². The summed E-state index contributed by atoms with van der Waals surface area (Å²) in [5.41, 5.74) is 8.40. The third kappa shape index (κ3) is 5.34. The number of primary amides is 1. The van der Waals surface area contributed by atoms with Gasteiger partial charge in [0.25, 0.3) is 5.91 Å². The molecule has 9 nitrogen and oxygen atoms in total. The minimum absolute atomic E-state index is 0.284. The zero-order chi connectivity index (χ0) is 24.1. The fourth-order valence-corrected chi connectivity index (χ4v) is 3.73. The van der Waals surface area contributed by atoms with Crippen molar-refractivity contribution >= 4 is 33.3 Å². The number of ether oxygens (including phenoxy) is 2. The van der Waals surface area contributed by atoms with Gasteiger partial charge < -0.3 is 20.1 Å². The lowest BCUT2D eigenvalue weighted by molar-refractivity contribution is 0.100. The SMILES string of the molecule is COc1cc(OC)cc(N(Cc2cn(Cc3ccc(Br)cc3)nn2)c2ncccc2C(N)=O)c1. The number of halogens is 1. The van der Waals surface area contributed by atoms with E-state index in [0.29, 0.717) is 35.2 Å². The van der Waals surface area contributed by atoms with Crippen molar-refractivity contribution in [1.82, 2.24) is 20.0 Å². The smallest absolute Gasteiger partial charge is 0.252 e. The van der Waals surface area contributed by atoms with Gasteiger partial charge in [0, 0.05) is 28.9 Å². The molecule has 1 amide bonds. The van der Waals surface area contributed by atoms with Gasteiger partial charge in [0.2, 0.25) is 0 Å². The number of pyridine rings is 1. The number of carbonyl (C=O) groups is 1. The average Bonchev–Trinajstić information content (AvgIpc) is 3.30. The van der Waals surface area contributed by atoms with Gasteiger partial charge in [0.1, 0.15) is 23.0 Å². The first kappa shape index (κ1) is 23.2. The molecule has 4 rings (SSSR count). The third-order valence-electron chi connectivity index (χ3n) is 5.12. The van der Waals surface area contributed by atoms with Crippen LogP contribution >= 0.6 is 15.9 Å². The average molecular weight is 523 g/mol. The normalized spacial score (nSPS) is 10.7. The number of nitrogens with zero attached hydrogens (tertiary/aromatic N) is 5. The topological polar surface area (TPSA) is 108 Å². The Balaban J connectivity index is 1.71. The van der Waals surface area contributed by atoms with Crippen LogP contribution in [0.4, 0.5) is 11.5 Å². The number of nitrogens with two attached hydrogens (primary N) is 1. The third-order valence-corrected chi connectivity index (χ3v) is 5.65. The molecule has 0 aliphatic rings. The first-order valence-electron chi connectivity index (χ1n) is 10.4. The predicted molar refractivity (Wildman–Crippen MR) is 131 cm³/mol. The van der Waals surface area contributed by atoms with Gasteiger partial charge in [0.15, 0.2) is 0 Å². The van der Waals surface area contributed by atoms with Crippen molar-refractivity contribution in [1.29, 1.82) is 0 Å². The predicted octanol–water partition coefficient (Wildman–Crippen LogP) is 3.94. The van der Waals surface area contributed by atoms with Gasteiger partial charge in [-0.15, -0.1) is 5.10 Å². The monoisotopic (exact) mass is 522 g/mol. The molecule has 2 aromatic heterocycles. The fraction of sp³-hybridized carbons (Fsp3) is 0.167. The molecule has 0 spiro atoms. The van der Waals surface area contributed by atoms with E-state index >= 15 is 0 Å². The molecule has 4 aromatic rings. The molecule has 0 bridgehead atoms. The quantitative estimate of drug-likeness (QED) is 0.354. The maximum Gasteiger partial charge on any atom is 0.252 e. The highest BCUT2D eigenvalue weighted by Crippen LogP contribution is 2.34. The van der Waals surface area contributed by atoms with E-state index in [4.69, 9.17) is 15.2 Å². The Labute approximate surface area is 205 Å². The van der Waals surface area contributed by atoms with Gasteiger partial charge in [-0.2, -0.15) is 0 Å². The summed E-state index contributed by atoms with van der Waals surface area (Å²) in [5.74, 6) is 0.999. The molecule has 0 radical (unpaired) electrons. The molecule has 0 saturated heterocycles. The lowest BCUT2D eigenvalue weighted by atomic mass is 10.2. The largest absolute Gasteiger partial charge is 0.497 e. The summed E-state index contributed by atoms with van der Waals surface area (Å²) in [5, 5.41) is 8.60. The van der Waals surface area contributed by atoms with Gasteiger partial charge in [-0.3, -0.25) is 4.79 Å². The Morgan fingerprint density at radius 3 is 2.44 bits per heavy atom. The van der Waals surface area contributed by atoms with Crippen LogP contribution in [0.15, 0.2) is 71.5 Å². The minimum Gasteiger partial charge on any atom is -0.497 e. The maximum atomic E-state index is 12.2. The number of hydrogen-bond acceptors (Lipinski definition) is 7. The lowest BCUT2D eigenvalue weighted by Gasteiger charge is -2.25. The van der Waals surface area contributed by atoms with Gasteiger partial charge in [-0.1, -0.05) is 33.3 Å². The Hall–Kier alpha value is -3.92. The van der Waals surface area contributed by atoms with Crippen molar-refractivity contribution in [2.75, 3.05) is 19.1 Å². The van der Waals surface area contributed by atoms with E-state index < -0.39 is 5.91 Å². The van der Waals surface area contributed by atoms with Crippen molar-refractivity contribution in [2.45, 2.75) is 13.1 Å². The summed E-state index contributed by atoms with van der Waals surface area (Å²) in [6, 6.07) is 16.7. The highest BCUT2D eigenvalue weighted by molar-refractivity contribution is 9.10. The molecule has 0 unspecified atom stereocenters. The summed E-state index contributed by atoms with van der Waals surface area (Å²) in [6.07, 6.45) is 3.47. The number of methoxy groups -OCH3 is 2. The number of benzene rings is 2. The van der Waals surface area contributed by atoms with E-state index in [1.54, 1.807) is 43.3 Å². The van der Waals surface area contributed by atoms with Gasteiger partial charge in [0.05, 0.1) is 44.8 Å². The molecule has 0 saturated carbocycles. The van der Waals surface area contributed by atoms with Crippen LogP contribution in [0.3, 0.4) is 0 Å². The Kier molecular flexibility index (Phi) is 7.07. The van der Waals surface area contributed by atoms with Gasteiger partial charge in [-0.25, -0.2) is 9.67 Å². The summed E-state index contributed by atoms with van der Waals surface area (Å²) >= 11 is 3.45. The molecular weight excluding hydrogens is 500 g/mol. The van der Waals surface area contributed by atoms with E-state index in [9.17, 15) is 4.79 Å². The fourth-order valence-electron chi connectivity index (χ4n) is 3.47. The number of hydrogen-bond donors (Lipinski definition) is 1. The van der Waals surface area contributed by atoms with Gasteiger partial charge in [-0.05, 0) is 29.8 Å². The summed E-state index contributed by atoms with van der Waals surface area (Å²) < 4.78 is 13.6. The summed E-state index contributed by atoms with van der Waals surface area (Å²) in [7, 11) is 3.15. The molecule has 0 aliphatic heterocycles. The zero-order valence-corrected chi connectivity index (χ0v) is 20.3. The summed E-state index contributed by atoms with van der Waals surface area (Å²) in [4.78, 5) is 18.4. The summed E-state index contributed by atoms with van der Waals surface area (Å²) in [6.45, 7) is 0.858. The van der Waals surface area contributed by atoms with E-state index in [1.807, 2.05) is 47.5 Å². The number of carbonyl (C=O) groups excluding carboxylic acids is 1. The second kappa shape index (κ2) is 10.3. The number of anilines is 2. The minimum atomic E-state index is -0.582. The van der Waals surface area contributed by atoms with Crippen molar-refractivity contribution in [3.8, 4) is 11.5 Å². The van der Waals surface area contributed by atoms with Crippen LogP contribution in [0.5, 0.6) is 11.5 Å². The van der Waals surface area contributed by atoms with Crippen LogP contribution in [0.2, 0.25) is 0 Å². The number of rotatable bonds is 9. The zero-order valence-electron chi connectivity index (χ0n) is 18.7. The second-order valence-electron chi connectivity index (χ2n) is 7.43. The van der Waals surface area contributed by atoms with Crippen molar-refractivity contribution in [3.63, 3.8) is 0 Å². The molecule has 2 N–H and O–H groups in total. The van der Waals surface area contributed by atoms with Crippen LogP contribution in [0, 0.1) is 0 Å². The maximum absolute atomic E-state index is 12.2. The van der Waals surface area contributed by atoms with Crippen LogP contribution in [0.1, 0.15) is 21.6 Å². The first-order valence-corrected chi connectivity index (χ1v) is 11.1. The standard InChI is InChI=1S/C24H23BrN6O3/c1-33-20-10-19(11-21(12-20)34-2)31(24-22(23(26)32)4-3-9-27-24)15-18-14-30(29-28-18)13-16-5-7-17(25)8-6-16/h3-12,14H,13,15H2,1-2H3,(H2,26,32). The van der Waals surface area contributed by atoms with E-state index in [2.05, 4.69) is 31.2 Å². The van der Waals surface area contributed by atoms with Crippen LogP contribution in [0.25, 0.3) is 0 Å². The number of amides is 1. The van der Waals surface area contributed by atoms with Crippen LogP contribution in [-0.4, -0.2) is 40.1 Å². The van der Waals surface area contributed by atoms with Crippen molar-refractivity contribution < 1.29 is 14.3 Å². The van der Waals surface area contributed by atoms with Gasteiger partial charge >= 0.3 is 0 Å². The molecule has 0 atom stereocenters.